The maximum absolute atomic E-state index is 6.07. The van der Waals surface area contributed by atoms with E-state index in [1.807, 2.05) is 18.2 Å². The van der Waals surface area contributed by atoms with Crippen molar-refractivity contribution in [2.24, 2.45) is 0 Å². The maximum Gasteiger partial charge on any atom is 0.0587 e. The molecule has 0 unspecified atom stereocenters. The highest BCUT2D eigenvalue weighted by Gasteiger charge is 1.97. The molecule has 0 atom stereocenters. The third-order valence-corrected chi connectivity index (χ3v) is 2.86. The summed E-state index contributed by atoms with van der Waals surface area (Å²) in [6.45, 7) is 4.55. The lowest BCUT2D eigenvalue weighted by Crippen LogP contribution is -2.30. The first-order valence-corrected chi connectivity index (χ1v) is 6.36. The Morgan fingerprint density at radius 1 is 1.06 bits per heavy atom. The third kappa shape index (κ3) is 6.64. The minimum atomic E-state index is 0.764. The fourth-order valence-corrected chi connectivity index (χ4v) is 1.76. The molecule has 1 rings (SSSR count). The normalized spacial score (nSPS) is 10.7. The quantitative estimate of drug-likeness (QED) is 0.660. The van der Waals surface area contributed by atoms with E-state index in [0.29, 0.717) is 0 Å². The molecule has 0 heterocycles. The zero-order chi connectivity index (χ0) is 12.3. The highest BCUT2D eigenvalue weighted by Crippen LogP contribution is 2.14. The van der Waals surface area contributed by atoms with Crippen molar-refractivity contribution in [3.63, 3.8) is 0 Å². The van der Waals surface area contributed by atoms with E-state index in [4.69, 9.17) is 16.3 Å². The van der Waals surface area contributed by atoms with Gasteiger partial charge in [0.2, 0.25) is 0 Å². The number of halogens is 1. The summed E-state index contributed by atoms with van der Waals surface area (Å²) in [5.74, 6) is 0. The van der Waals surface area contributed by atoms with Crippen LogP contribution in [0, 0.1) is 0 Å². The molecule has 1 aromatic rings. The monoisotopic (exact) mass is 256 g/mol. The highest BCUT2D eigenvalue weighted by atomic mass is 35.5. The van der Waals surface area contributed by atoms with E-state index in [2.05, 4.69) is 16.7 Å². The van der Waals surface area contributed by atoms with Gasteiger partial charge < -0.3 is 15.4 Å². The number of ether oxygens (including phenoxy) is 1. The average Bonchev–Trinajstić information content (AvgIpc) is 2.35. The second kappa shape index (κ2) is 9.42. The van der Waals surface area contributed by atoms with Crippen molar-refractivity contribution in [1.82, 2.24) is 10.6 Å². The van der Waals surface area contributed by atoms with Gasteiger partial charge in [0.05, 0.1) is 6.61 Å². The number of methoxy groups -OCH3 is 1. The van der Waals surface area contributed by atoms with Crippen LogP contribution >= 0.6 is 11.6 Å². The lowest BCUT2D eigenvalue weighted by molar-refractivity contribution is 0.199. The summed E-state index contributed by atoms with van der Waals surface area (Å²) in [7, 11) is 1.71. The van der Waals surface area contributed by atoms with Crippen molar-refractivity contribution >= 4 is 11.6 Å². The zero-order valence-electron chi connectivity index (χ0n) is 10.3. The van der Waals surface area contributed by atoms with E-state index in [1.165, 1.54) is 5.56 Å². The van der Waals surface area contributed by atoms with Crippen LogP contribution in [0.4, 0.5) is 0 Å². The molecule has 0 aliphatic carbocycles. The molecule has 0 fully saturated rings. The first-order valence-electron chi connectivity index (χ1n) is 5.98. The zero-order valence-corrected chi connectivity index (χ0v) is 11.1. The minimum Gasteiger partial charge on any atom is -0.383 e. The number of benzene rings is 1. The van der Waals surface area contributed by atoms with E-state index >= 15 is 0 Å². The van der Waals surface area contributed by atoms with E-state index in [9.17, 15) is 0 Å². The smallest absolute Gasteiger partial charge is 0.0587 e. The second-order valence-corrected chi connectivity index (χ2v) is 4.24. The van der Waals surface area contributed by atoms with Gasteiger partial charge >= 0.3 is 0 Å². The van der Waals surface area contributed by atoms with Crippen molar-refractivity contribution in [3.8, 4) is 0 Å². The van der Waals surface area contributed by atoms with Crippen molar-refractivity contribution in [2.75, 3.05) is 39.9 Å². The number of hydrogen-bond acceptors (Lipinski definition) is 3. The van der Waals surface area contributed by atoms with Crippen LogP contribution < -0.4 is 10.6 Å². The van der Waals surface area contributed by atoms with Gasteiger partial charge in [-0.3, -0.25) is 0 Å². The first-order chi connectivity index (χ1) is 8.34. The van der Waals surface area contributed by atoms with Crippen LogP contribution in [-0.4, -0.2) is 39.9 Å². The van der Waals surface area contributed by atoms with Gasteiger partial charge in [0.25, 0.3) is 0 Å². The SMILES string of the molecule is COCCNCCNCCc1ccccc1Cl. The Kier molecular flexibility index (Phi) is 8.01. The Morgan fingerprint density at radius 3 is 2.47 bits per heavy atom. The van der Waals surface area contributed by atoms with Crippen LogP contribution in [0.15, 0.2) is 24.3 Å². The Bertz CT molecular complexity index is 307. The van der Waals surface area contributed by atoms with Gasteiger partial charge in [0.1, 0.15) is 0 Å². The van der Waals surface area contributed by atoms with E-state index in [-0.39, 0.29) is 0 Å². The summed E-state index contributed by atoms with van der Waals surface area (Å²) in [6.07, 6.45) is 0.970. The molecular weight excluding hydrogens is 236 g/mol. The number of nitrogens with one attached hydrogen (secondary N) is 2. The van der Waals surface area contributed by atoms with Crippen LogP contribution in [0.25, 0.3) is 0 Å². The molecule has 0 radical (unpaired) electrons. The Labute approximate surface area is 109 Å². The van der Waals surface area contributed by atoms with Crippen molar-refractivity contribution in [1.29, 1.82) is 0 Å². The van der Waals surface area contributed by atoms with Gasteiger partial charge in [-0.2, -0.15) is 0 Å². The number of rotatable bonds is 9. The maximum atomic E-state index is 6.07. The van der Waals surface area contributed by atoms with Gasteiger partial charge in [0.15, 0.2) is 0 Å². The van der Waals surface area contributed by atoms with Crippen LogP contribution in [0.1, 0.15) is 5.56 Å². The molecule has 0 saturated carbocycles. The van der Waals surface area contributed by atoms with Crippen LogP contribution in [-0.2, 0) is 11.2 Å². The lowest BCUT2D eigenvalue weighted by atomic mass is 10.1. The molecule has 3 nitrogen and oxygen atoms in total. The predicted molar refractivity (Wildman–Crippen MR) is 72.8 cm³/mol. The van der Waals surface area contributed by atoms with Crippen molar-refractivity contribution in [3.05, 3.63) is 34.9 Å². The van der Waals surface area contributed by atoms with Crippen LogP contribution in [0.5, 0.6) is 0 Å². The van der Waals surface area contributed by atoms with Crippen molar-refractivity contribution < 1.29 is 4.74 Å². The largest absolute Gasteiger partial charge is 0.383 e. The minimum absolute atomic E-state index is 0.764. The molecule has 2 N–H and O–H groups in total. The first kappa shape index (κ1) is 14.5. The molecule has 0 aromatic heterocycles. The topological polar surface area (TPSA) is 33.3 Å². The Hall–Kier alpha value is -0.610. The summed E-state index contributed by atoms with van der Waals surface area (Å²) in [4.78, 5) is 0. The summed E-state index contributed by atoms with van der Waals surface area (Å²) in [6, 6.07) is 7.98. The fraction of sp³-hybridized carbons (Fsp3) is 0.538. The standard InChI is InChI=1S/C13H21ClN2O/c1-17-11-10-16-9-8-15-7-6-12-4-2-3-5-13(12)14/h2-5,15-16H,6-11H2,1H3. The Balaban J connectivity index is 1.99. The molecule has 0 saturated heterocycles. The van der Waals surface area contributed by atoms with Gasteiger partial charge in [0, 0.05) is 31.8 Å². The predicted octanol–water partition coefficient (Wildman–Crippen LogP) is 1.71. The van der Waals surface area contributed by atoms with Gasteiger partial charge in [-0.05, 0) is 24.6 Å². The molecule has 0 aliphatic rings. The van der Waals surface area contributed by atoms with Crippen LogP contribution in [0.2, 0.25) is 5.02 Å². The molecule has 17 heavy (non-hydrogen) atoms. The molecule has 0 bridgehead atoms. The molecule has 96 valence electrons. The Morgan fingerprint density at radius 2 is 1.76 bits per heavy atom. The van der Waals surface area contributed by atoms with Gasteiger partial charge in [-0.25, -0.2) is 0 Å². The second-order valence-electron chi connectivity index (χ2n) is 3.83. The molecule has 0 amide bonds. The molecule has 4 heteroatoms. The van der Waals surface area contributed by atoms with E-state index in [1.54, 1.807) is 7.11 Å². The fourth-order valence-electron chi connectivity index (χ4n) is 1.53. The van der Waals surface area contributed by atoms with Gasteiger partial charge in [-0.15, -0.1) is 0 Å². The summed E-state index contributed by atoms with van der Waals surface area (Å²) in [5, 5.41) is 7.51. The highest BCUT2D eigenvalue weighted by molar-refractivity contribution is 6.31. The average molecular weight is 257 g/mol. The third-order valence-electron chi connectivity index (χ3n) is 2.49. The van der Waals surface area contributed by atoms with E-state index < -0.39 is 0 Å². The molecule has 1 aromatic carbocycles. The van der Waals surface area contributed by atoms with Crippen molar-refractivity contribution in [2.45, 2.75) is 6.42 Å². The van der Waals surface area contributed by atoms with Gasteiger partial charge in [-0.1, -0.05) is 29.8 Å². The summed E-state index contributed by atoms with van der Waals surface area (Å²) < 4.78 is 4.94. The molecule has 0 aliphatic heterocycles. The van der Waals surface area contributed by atoms with Crippen LogP contribution in [0.3, 0.4) is 0 Å². The van der Waals surface area contributed by atoms with E-state index in [0.717, 1.165) is 44.2 Å². The molecular formula is C13H21ClN2O. The summed E-state index contributed by atoms with van der Waals surface area (Å²) in [5.41, 5.74) is 1.20. The number of hydrogen-bond donors (Lipinski definition) is 2. The summed E-state index contributed by atoms with van der Waals surface area (Å²) >= 11 is 6.07. The molecule has 0 spiro atoms. The lowest BCUT2D eigenvalue weighted by Gasteiger charge is -2.07.